The molecule has 3 N–H and O–H groups in total. The van der Waals surface area contributed by atoms with Gasteiger partial charge in [0.15, 0.2) is 5.69 Å². The number of methoxy groups -OCH3 is 1. The van der Waals surface area contributed by atoms with Gasteiger partial charge in [-0.15, -0.1) is 0 Å². The average molecular weight is 326 g/mol. The van der Waals surface area contributed by atoms with Crippen LogP contribution in [0.5, 0.6) is 0 Å². The summed E-state index contributed by atoms with van der Waals surface area (Å²) < 4.78 is 4.76. The predicted octanol–water partition coefficient (Wildman–Crippen LogP) is 2.31. The number of amides is 1. The summed E-state index contributed by atoms with van der Waals surface area (Å²) in [4.78, 5) is 28.1. The third-order valence-electron chi connectivity index (χ3n) is 4.00. The topological polar surface area (TPSA) is 94.3 Å². The zero-order valence-corrected chi connectivity index (χ0v) is 13.3. The lowest BCUT2D eigenvalue weighted by atomic mass is 9.79. The van der Waals surface area contributed by atoms with Crippen LogP contribution in [0.25, 0.3) is 0 Å². The molecule has 2 rings (SSSR count). The fourth-order valence-electron chi connectivity index (χ4n) is 2.87. The molecule has 6 nitrogen and oxygen atoms in total. The minimum Gasteiger partial charge on any atom is -0.469 e. The van der Waals surface area contributed by atoms with E-state index in [1.54, 1.807) is 0 Å². The number of nitrogens with zero attached hydrogens (tertiary/aromatic N) is 1. The minimum atomic E-state index is -0.587. The maximum Gasteiger partial charge on any atom is 0.307 e. The summed E-state index contributed by atoms with van der Waals surface area (Å²) in [6.07, 6.45) is 6.02. The fourth-order valence-corrected chi connectivity index (χ4v) is 3.03. The van der Waals surface area contributed by atoms with E-state index in [4.69, 9.17) is 22.1 Å². The smallest absolute Gasteiger partial charge is 0.307 e. The van der Waals surface area contributed by atoms with Crippen molar-refractivity contribution < 1.29 is 14.3 Å². The Kier molecular flexibility index (Phi) is 5.24. The van der Waals surface area contributed by atoms with Crippen molar-refractivity contribution in [1.29, 1.82) is 0 Å². The molecule has 22 heavy (non-hydrogen) atoms. The molecule has 1 aromatic rings. The summed E-state index contributed by atoms with van der Waals surface area (Å²) in [5.74, 6) is -0.723. The van der Waals surface area contributed by atoms with Gasteiger partial charge in [-0.05, 0) is 18.9 Å². The molecule has 0 atom stereocenters. The van der Waals surface area contributed by atoms with Crippen molar-refractivity contribution in [1.82, 2.24) is 10.3 Å². The molecule has 0 aromatic carbocycles. The third-order valence-corrected chi connectivity index (χ3v) is 4.21. The van der Waals surface area contributed by atoms with Crippen molar-refractivity contribution in [2.45, 2.75) is 44.1 Å². The fraction of sp³-hybridized carbons (Fsp3) is 0.533. The number of nitrogens with two attached hydrogens (primary N) is 1. The molecular weight excluding hydrogens is 306 g/mol. The molecular formula is C15H20ClN3O3. The highest BCUT2D eigenvalue weighted by molar-refractivity contribution is 6.30. The van der Waals surface area contributed by atoms with Crippen LogP contribution in [0.15, 0.2) is 12.3 Å². The van der Waals surface area contributed by atoms with E-state index in [1.165, 1.54) is 19.4 Å². The highest BCUT2D eigenvalue weighted by Gasteiger charge is 2.37. The first kappa shape index (κ1) is 16.5. The lowest BCUT2D eigenvalue weighted by Gasteiger charge is -2.37. The second-order valence-electron chi connectivity index (χ2n) is 5.64. The van der Waals surface area contributed by atoms with Gasteiger partial charge in [-0.25, -0.2) is 4.98 Å². The number of anilines is 1. The van der Waals surface area contributed by atoms with Crippen LogP contribution in [0.2, 0.25) is 5.02 Å². The van der Waals surface area contributed by atoms with Gasteiger partial charge in [-0.2, -0.15) is 0 Å². The van der Waals surface area contributed by atoms with Gasteiger partial charge < -0.3 is 15.8 Å². The van der Waals surface area contributed by atoms with E-state index in [9.17, 15) is 9.59 Å². The number of hydrogen-bond donors (Lipinski definition) is 2. The number of rotatable bonds is 4. The number of nitrogen functional groups attached to an aromatic ring is 1. The zero-order valence-electron chi connectivity index (χ0n) is 12.5. The van der Waals surface area contributed by atoms with Crippen LogP contribution in [0.1, 0.15) is 49.0 Å². The van der Waals surface area contributed by atoms with Crippen LogP contribution >= 0.6 is 11.6 Å². The maximum absolute atomic E-state index is 12.5. The van der Waals surface area contributed by atoms with Gasteiger partial charge in [0.1, 0.15) is 0 Å². The lowest BCUT2D eigenvalue weighted by Crippen LogP contribution is -2.51. The highest BCUT2D eigenvalue weighted by atomic mass is 35.5. The van der Waals surface area contributed by atoms with E-state index in [0.717, 1.165) is 32.1 Å². The molecule has 1 aliphatic carbocycles. The molecule has 1 saturated carbocycles. The highest BCUT2D eigenvalue weighted by Crippen LogP contribution is 2.32. The molecule has 0 unspecified atom stereocenters. The van der Waals surface area contributed by atoms with Crippen LogP contribution in [0.4, 0.5) is 5.69 Å². The SMILES string of the molecule is COC(=O)CC1(NC(=O)c2ncc(Cl)cc2N)CCCCC1. The number of nitrogens with one attached hydrogen (secondary N) is 1. The number of aromatic nitrogens is 1. The minimum absolute atomic E-state index is 0.124. The summed E-state index contributed by atoms with van der Waals surface area (Å²) >= 11 is 5.79. The van der Waals surface area contributed by atoms with Crippen LogP contribution < -0.4 is 11.1 Å². The van der Waals surface area contributed by atoms with Gasteiger partial charge in [0.05, 0.1) is 29.8 Å². The van der Waals surface area contributed by atoms with E-state index in [-0.39, 0.29) is 29.7 Å². The number of ether oxygens (including phenoxy) is 1. The summed E-state index contributed by atoms with van der Waals surface area (Å²) in [5.41, 5.74) is 5.55. The van der Waals surface area contributed by atoms with Crippen LogP contribution in [0.3, 0.4) is 0 Å². The monoisotopic (exact) mass is 325 g/mol. The third kappa shape index (κ3) is 3.88. The summed E-state index contributed by atoms with van der Waals surface area (Å²) in [5, 5.41) is 3.32. The molecule has 0 saturated heterocycles. The standard InChI is InChI=1S/C15H20ClN3O3/c1-22-12(20)8-15(5-3-2-4-6-15)19-14(21)13-11(17)7-10(16)9-18-13/h7,9H,2-6,8,17H2,1H3,(H,19,21). The van der Waals surface area contributed by atoms with Crippen molar-refractivity contribution in [2.75, 3.05) is 12.8 Å². The normalized spacial score (nSPS) is 16.8. The van der Waals surface area contributed by atoms with Gasteiger partial charge in [-0.1, -0.05) is 30.9 Å². The van der Waals surface area contributed by atoms with E-state index >= 15 is 0 Å². The van der Waals surface area contributed by atoms with Gasteiger partial charge in [0, 0.05) is 6.20 Å². The molecule has 0 bridgehead atoms. The first-order valence-corrected chi connectivity index (χ1v) is 7.64. The van der Waals surface area contributed by atoms with E-state index in [0.29, 0.717) is 5.02 Å². The molecule has 120 valence electrons. The van der Waals surface area contributed by atoms with Gasteiger partial charge >= 0.3 is 5.97 Å². The number of pyridine rings is 1. The van der Waals surface area contributed by atoms with E-state index in [2.05, 4.69) is 10.3 Å². The quantitative estimate of drug-likeness (QED) is 0.828. The second-order valence-corrected chi connectivity index (χ2v) is 6.08. The van der Waals surface area contributed by atoms with Gasteiger partial charge in [0.2, 0.25) is 0 Å². The molecule has 0 radical (unpaired) electrons. The van der Waals surface area contributed by atoms with Crippen LogP contribution in [-0.4, -0.2) is 29.5 Å². The number of carbonyl (C=O) groups is 2. The molecule has 0 aliphatic heterocycles. The van der Waals surface area contributed by atoms with Gasteiger partial charge in [-0.3, -0.25) is 9.59 Å². The average Bonchev–Trinajstić information content (AvgIpc) is 2.47. The first-order chi connectivity index (χ1) is 10.5. The largest absolute Gasteiger partial charge is 0.469 e. The van der Waals surface area contributed by atoms with Crippen LogP contribution in [0, 0.1) is 0 Å². The van der Waals surface area contributed by atoms with Crippen molar-refractivity contribution in [2.24, 2.45) is 0 Å². The number of hydrogen-bond acceptors (Lipinski definition) is 5. The van der Waals surface area contributed by atoms with Crippen molar-refractivity contribution in [3.63, 3.8) is 0 Å². The Labute approximate surface area is 134 Å². The summed E-state index contributed by atoms with van der Waals surface area (Å²) in [6.45, 7) is 0. The maximum atomic E-state index is 12.5. The van der Waals surface area contributed by atoms with E-state index < -0.39 is 5.54 Å². The molecule has 1 aromatic heterocycles. The molecule has 0 spiro atoms. The summed E-state index contributed by atoms with van der Waals surface area (Å²) in [7, 11) is 1.35. The Hall–Kier alpha value is -1.82. The predicted molar refractivity (Wildman–Crippen MR) is 83.6 cm³/mol. The zero-order chi connectivity index (χ0) is 16.2. The molecule has 1 fully saturated rings. The molecule has 1 aliphatic rings. The number of esters is 1. The van der Waals surface area contributed by atoms with Crippen molar-refractivity contribution in [3.05, 3.63) is 23.0 Å². The Morgan fingerprint density at radius 1 is 1.41 bits per heavy atom. The Bertz CT molecular complexity index is 571. The Balaban J connectivity index is 2.18. The van der Waals surface area contributed by atoms with E-state index in [1.807, 2.05) is 0 Å². The number of carbonyl (C=O) groups excluding carboxylic acids is 2. The van der Waals surface area contributed by atoms with Crippen molar-refractivity contribution in [3.8, 4) is 0 Å². The first-order valence-electron chi connectivity index (χ1n) is 7.26. The second kappa shape index (κ2) is 6.96. The Morgan fingerprint density at radius 3 is 2.68 bits per heavy atom. The number of halogens is 1. The molecule has 1 heterocycles. The molecule has 1 amide bonds. The van der Waals surface area contributed by atoms with Crippen LogP contribution in [-0.2, 0) is 9.53 Å². The Morgan fingerprint density at radius 2 is 2.09 bits per heavy atom. The van der Waals surface area contributed by atoms with Crippen molar-refractivity contribution >= 4 is 29.2 Å². The summed E-state index contributed by atoms with van der Waals surface area (Å²) in [6, 6.07) is 1.48. The lowest BCUT2D eigenvalue weighted by molar-refractivity contribution is -0.142. The van der Waals surface area contributed by atoms with Gasteiger partial charge in [0.25, 0.3) is 5.91 Å². The molecule has 7 heteroatoms.